The molecule has 0 atom stereocenters. The molecule has 0 bridgehead atoms. The zero-order chi connectivity index (χ0) is 21.3. The molecule has 4 aromatic rings. The minimum atomic E-state index is 0.527. The van der Waals surface area contributed by atoms with Crippen LogP contribution in [0.1, 0.15) is 22.0 Å². The lowest BCUT2D eigenvalue weighted by Crippen LogP contribution is -2.00. The predicted molar refractivity (Wildman–Crippen MR) is 126 cm³/mol. The minimum Gasteiger partial charge on any atom is -0.316 e. The van der Waals surface area contributed by atoms with Crippen molar-refractivity contribution in [3.8, 4) is 23.0 Å². The number of nitrogens with zero attached hydrogens (tertiary/aromatic N) is 3. The highest BCUT2D eigenvalue weighted by atomic mass is 35.5. The molecule has 0 fully saturated rings. The Morgan fingerprint density at radius 2 is 1.87 bits per heavy atom. The Hall–Kier alpha value is -2.84. The second-order valence-electron chi connectivity index (χ2n) is 6.83. The van der Waals surface area contributed by atoms with Gasteiger partial charge in [-0.25, -0.2) is 4.98 Å². The normalized spacial score (nSPS) is 11.5. The molecule has 2 aromatic carbocycles. The maximum absolute atomic E-state index is 9.79. The Kier molecular flexibility index (Phi) is 5.78. The summed E-state index contributed by atoms with van der Waals surface area (Å²) in [7, 11) is 0. The van der Waals surface area contributed by atoms with Crippen molar-refractivity contribution in [3.63, 3.8) is 0 Å². The average Bonchev–Trinajstić information content (AvgIpc) is 3.34. The van der Waals surface area contributed by atoms with Gasteiger partial charge in [-0.1, -0.05) is 53.5 Å². The van der Waals surface area contributed by atoms with E-state index in [1.54, 1.807) is 12.1 Å². The van der Waals surface area contributed by atoms with E-state index in [4.69, 9.17) is 23.2 Å². The van der Waals surface area contributed by atoms with Gasteiger partial charge in [0, 0.05) is 27.4 Å². The highest BCUT2D eigenvalue weighted by Crippen LogP contribution is 2.32. The van der Waals surface area contributed by atoms with Crippen LogP contribution in [0, 0.1) is 25.2 Å². The number of rotatable bonds is 4. The Balaban J connectivity index is 1.75. The summed E-state index contributed by atoms with van der Waals surface area (Å²) in [5.74, 6) is 0. The maximum Gasteiger partial charge on any atom is 0.134 e. The van der Waals surface area contributed by atoms with E-state index in [1.807, 2.05) is 72.3 Å². The van der Waals surface area contributed by atoms with Crippen molar-refractivity contribution in [1.29, 1.82) is 5.26 Å². The van der Waals surface area contributed by atoms with E-state index in [2.05, 4.69) is 11.1 Å². The van der Waals surface area contributed by atoms with Gasteiger partial charge in [-0.15, -0.1) is 11.3 Å². The van der Waals surface area contributed by atoms with Gasteiger partial charge in [0.1, 0.15) is 11.1 Å². The van der Waals surface area contributed by atoms with E-state index < -0.39 is 0 Å². The van der Waals surface area contributed by atoms with Crippen molar-refractivity contribution in [2.75, 3.05) is 0 Å². The molecule has 4 rings (SSSR count). The lowest BCUT2D eigenvalue weighted by molar-refractivity contribution is 0.965. The third-order valence-electron chi connectivity index (χ3n) is 4.84. The van der Waals surface area contributed by atoms with Gasteiger partial charge in [-0.2, -0.15) is 5.26 Å². The molecule has 0 spiro atoms. The lowest BCUT2D eigenvalue weighted by Gasteiger charge is -2.12. The number of thiazole rings is 1. The van der Waals surface area contributed by atoms with Gasteiger partial charge in [-0.05, 0) is 49.8 Å². The van der Waals surface area contributed by atoms with E-state index in [9.17, 15) is 5.26 Å². The van der Waals surface area contributed by atoms with Crippen LogP contribution in [0.4, 0.5) is 0 Å². The maximum atomic E-state index is 9.79. The zero-order valence-electron chi connectivity index (χ0n) is 16.4. The molecule has 0 aliphatic rings. The van der Waals surface area contributed by atoms with Gasteiger partial charge in [0.05, 0.1) is 22.0 Å². The van der Waals surface area contributed by atoms with Crippen LogP contribution in [0.3, 0.4) is 0 Å². The van der Waals surface area contributed by atoms with Gasteiger partial charge in [0.25, 0.3) is 0 Å². The molecule has 0 aliphatic carbocycles. The third-order valence-corrected chi connectivity index (χ3v) is 6.27. The molecular formula is C24H17Cl2N3S. The van der Waals surface area contributed by atoms with E-state index in [1.165, 1.54) is 11.3 Å². The SMILES string of the molecule is Cc1cc(/C=C(/C#N)c2nc(-c3ccccc3)cs2)c(C)n1-c1cc(Cl)ccc1Cl. The summed E-state index contributed by atoms with van der Waals surface area (Å²) in [6.45, 7) is 4.01. The number of aromatic nitrogens is 2. The first-order valence-electron chi connectivity index (χ1n) is 9.25. The van der Waals surface area contributed by atoms with Crippen LogP contribution in [-0.2, 0) is 0 Å². The van der Waals surface area contributed by atoms with Gasteiger partial charge < -0.3 is 4.57 Å². The molecule has 0 amide bonds. The van der Waals surface area contributed by atoms with E-state index in [-0.39, 0.29) is 0 Å². The Morgan fingerprint density at radius 1 is 1.10 bits per heavy atom. The summed E-state index contributed by atoms with van der Waals surface area (Å²) in [6, 6.07) is 19.7. The molecule has 30 heavy (non-hydrogen) atoms. The highest BCUT2D eigenvalue weighted by Gasteiger charge is 2.15. The summed E-state index contributed by atoms with van der Waals surface area (Å²) < 4.78 is 2.05. The summed E-state index contributed by atoms with van der Waals surface area (Å²) in [5, 5.41) is 13.7. The monoisotopic (exact) mass is 449 g/mol. The Labute approximate surface area is 189 Å². The van der Waals surface area contributed by atoms with Crippen LogP contribution in [0.5, 0.6) is 0 Å². The van der Waals surface area contributed by atoms with E-state index >= 15 is 0 Å². The fourth-order valence-electron chi connectivity index (χ4n) is 3.40. The number of benzene rings is 2. The number of halogens is 2. The third kappa shape index (κ3) is 3.93. The number of aryl methyl sites for hydroxylation is 1. The van der Waals surface area contributed by atoms with Gasteiger partial charge in [0.15, 0.2) is 0 Å². The van der Waals surface area contributed by atoms with Crippen molar-refractivity contribution < 1.29 is 0 Å². The minimum absolute atomic E-state index is 0.527. The molecular weight excluding hydrogens is 433 g/mol. The summed E-state index contributed by atoms with van der Waals surface area (Å²) in [6.07, 6.45) is 1.88. The van der Waals surface area contributed by atoms with Crippen LogP contribution >= 0.6 is 34.5 Å². The van der Waals surface area contributed by atoms with Crippen molar-refractivity contribution in [3.05, 3.63) is 92.0 Å². The smallest absolute Gasteiger partial charge is 0.134 e. The Morgan fingerprint density at radius 3 is 2.60 bits per heavy atom. The molecule has 2 heterocycles. The van der Waals surface area contributed by atoms with Crippen molar-refractivity contribution in [2.45, 2.75) is 13.8 Å². The summed E-state index contributed by atoms with van der Waals surface area (Å²) >= 11 is 14.1. The molecule has 0 saturated carbocycles. The van der Waals surface area contributed by atoms with Crippen LogP contribution in [0.2, 0.25) is 10.0 Å². The average molecular weight is 450 g/mol. The van der Waals surface area contributed by atoms with Crippen LogP contribution in [0.15, 0.2) is 60.0 Å². The molecule has 0 aliphatic heterocycles. The molecule has 0 radical (unpaired) electrons. The quantitative estimate of drug-likeness (QED) is 0.301. The molecule has 148 valence electrons. The molecule has 0 saturated heterocycles. The number of hydrogen-bond donors (Lipinski definition) is 0. The first-order chi connectivity index (χ1) is 14.5. The zero-order valence-corrected chi connectivity index (χ0v) is 18.7. The van der Waals surface area contributed by atoms with E-state index in [0.29, 0.717) is 20.6 Å². The molecule has 0 N–H and O–H groups in total. The van der Waals surface area contributed by atoms with E-state index in [0.717, 1.165) is 33.9 Å². The van der Waals surface area contributed by atoms with Crippen molar-refractivity contribution in [1.82, 2.24) is 9.55 Å². The number of nitriles is 1. The van der Waals surface area contributed by atoms with Crippen LogP contribution in [-0.4, -0.2) is 9.55 Å². The largest absolute Gasteiger partial charge is 0.316 e. The topological polar surface area (TPSA) is 41.6 Å². The second kappa shape index (κ2) is 8.49. The first-order valence-corrected chi connectivity index (χ1v) is 10.9. The van der Waals surface area contributed by atoms with Crippen LogP contribution in [0.25, 0.3) is 28.6 Å². The van der Waals surface area contributed by atoms with Crippen LogP contribution < -0.4 is 0 Å². The first kappa shape index (κ1) is 20.4. The molecule has 2 aromatic heterocycles. The number of allylic oxidation sites excluding steroid dienone is 1. The molecule has 3 nitrogen and oxygen atoms in total. The van der Waals surface area contributed by atoms with Gasteiger partial charge in [0.2, 0.25) is 0 Å². The number of hydrogen-bond acceptors (Lipinski definition) is 3. The lowest BCUT2D eigenvalue weighted by atomic mass is 10.1. The molecule has 6 heteroatoms. The fraction of sp³-hybridized carbons (Fsp3) is 0.0833. The standard InChI is InChI=1S/C24H17Cl2N3S/c1-15-10-18(16(2)29(15)23-12-20(25)8-9-21(23)26)11-19(13-27)24-28-22(14-30-24)17-6-4-3-5-7-17/h3-12,14H,1-2H3/b19-11-. The fourth-order valence-corrected chi connectivity index (χ4v) is 4.56. The predicted octanol–water partition coefficient (Wildman–Crippen LogP) is 7.59. The summed E-state index contributed by atoms with van der Waals surface area (Å²) in [4.78, 5) is 4.67. The Bertz CT molecular complexity index is 1290. The highest BCUT2D eigenvalue weighted by molar-refractivity contribution is 7.11. The molecule has 0 unspecified atom stereocenters. The second-order valence-corrected chi connectivity index (χ2v) is 8.53. The van der Waals surface area contributed by atoms with Crippen molar-refractivity contribution in [2.24, 2.45) is 0 Å². The van der Waals surface area contributed by atoms with Gasteiger partial charge >= 0.3 is 0 Å². The van der Waals surface area contributed by atoms with Gasteiger partial charge in [-0.3, -0.25) is 0 Å². The summed E-state index contributed by atoms with van der Waals surface area (Å²) in [5.41, 5.74) is 6.17. The van der Waals surface area contributed by atoms with Crippen molar-refractivity contribution >= 4 is 46.2 Å².